The zero-order valence-electron chi connectivity index (χ0n) is 9.30. The van der Waals surface area contributed by atoms with Crippen molar-refractivity contribution < 1.29 is 0 Å². The van der Waals surface area contributed by atoms with Gasteiger partial charge in [0.1, 0.15) is 5.82 Å². The maximum Gasteiger partial charge on any atom is 0.131 e. The molecular weight excluding hydrogens is 320 g/mol. The Balaban J connectivity index is 3.00. The van der Waals surface area contributed by atoms with Gasteiger partial charge in [-0.1, -0.05) is 15.9 Å². The van der Waals surface area contributed by atoms with Gasteiger partial charge < -0.3 is 4.90 Å². The van der Waals surface area contributed by atoms with E-state index in [2.05, 4.69) is 68.6 Å². The van der Waals surface area contributed by atoms with E-state index in [1.807, 2.05) is 6.20 Å². The third-order valence-electron chi connectivity index (χ3n) is 2.24. The van der Waals surface area contributed by atoms with E-state index in [1.54, 1.807) is 0 Å². The molecule has 0 bridgehead atoms. The highest BCUT2D eigenvalue weighted by Crippen LogP contribution is 2.22. The minimum absolute atomic E-state index is 0.468. The Bertz CT molecular complexity index is 326. The number of hydrogen-bond acceptors (Lipinski definition) is 2. The van der Waals surface area contributed by atoms with Crippen molar-refractivity contribution in [1.29, 1.82) is 0 Å². The van der Waals surface area contributed by atoms with Crippen LogP contribution in [-0.4, -0.2) is 22.9 Å². The molecule has 1 rings (SSSR count). The van der Waals surface area contributed by atoms with E-state index in [0.717, 1.165) is 22.2 Å². The average Bonchev–Trinajstić information content (AvgIpc) is 2.15. The van der Waals surface area contributed by atoms with Crippen LogP contribution < -0.4 is 4.90 Å². The summed E-state index contributed by atoms with van der Waals surface area (Å²) in [6.07, 6.45) is 1.85. The van der Waals surface area contributed by atoms with Crippen LogP contribution in [0.15, 0.2) is 16.7 Å². The topological polar surface area (TPSA) is 16.1 Å². The first-order valence-electron chi connectivity index (χ1n) is 5.01. The highest BCUT2D eigenvalue weighted by atomic mass is 79.9. The molecule has 0 aliphatic heterocycles. The summed E-state index contributed by atoms with van der Waals surface area (Å²) >= 11 is 6.91. The van der Waals surface area contributed by atoms with Crippen molar-refractivity contribution in [2.45, 2.75) is 26.8 Å². The van der Waals surface area contributed by atoms with Crippen LogP contribution in [0.1, 0.15) is 19.4 Å². The van der Waals surface area contributed by atoms with Gasteiger partial charge in [0.15, 0.2) is 0 Å². The second-order valence-electron chi connectivity index (χ2n) is 3.77. The summed E-state index contributed by atoms with van der Waals surface area (Å²) < 4.78 is 1.03. The van der Waals surface area contributed by atoms with Crippen molar-refractivity contribution in [2.24, 2.45) is 0 Å². The van der Waals surface area contributed by atoms with Gasteiger partial charge in [-0.25, -0.2) is 4.98 Å². The molecule has 1 aromatic rings. The Morgan fingerprint density at radius 1 is 1.47 bits per heavy atom. The largest absolute Gasteiger partial charge is 0.353 e. The number of alkyl halides is 1. The smallest absolute Gasteiger partial charge is 0.131 e. The molecule has 0 fully saturated rings. The maximum atomic E-state index is 4.48. The van der Waals surface area contributed by atoms with Gasteiger partial charge in [-0.3, -0.25) is 0 Å². The third kappa shape index (κ3) is 3.45. The van der Waals surface area contributed by atoms with E-state index in [-0.39, 0.29) is 0 Å². The van der Waals surface area contributed by atoms with Crippen molar-refractivity contribution in [2.75, 3.05) is 16.8 Å². The lowest BCUT2D eigenvalue weighted by Crippen LogP contribution is -2.33. The second-order valence-corrected chi connectivity index (χ2v) is 5.48. The average molecular weight is 336 g/mol. The molecule has 0 unspecified atom stereocenters. The Kier molecular flexibility index (Phi) is 5.06. The van der Waals surface area contributed by atoms with Gasteiger partial charge in [-0.15, -0.1) is 0 Å². The van der Waals surface area contributed by atoms with E-state index in [0.29, 0.717) is 6.04 Å². The van der Waals surface area contributed by atoms with Crippen molar-refractivity contribution in [3.8, 4) is 0 Å². The minimum Gasteiger partial charge on any atom is -0.353 e. The summed E-state index contributed by atoms with van der Waals surface area (Å²) in [6.45, 7) is 7.45. The number of halogens is 2. The third-order valence-corrected chi connectivity index (χ3v) is 3.03. The number of anilines is 1. The van der Waals surface area contributed by atoms with E-state index < -0.39 is 0 Å². The van der Waals surface area contributed by atoms with Crippen molar-refractivity contribution in [1.82, 2.24) is 4.98 Å². The first-order valence-corrected chi connectivity index (χ1v) is 6.92. The first kappa shape index (κ1) is 13.0. The van der Waals surface area contributed by atoms with Crippen molar-refractivity contribution >= 4 is 37.7 Å². The van der Waals surface area contributed by atoms with Crippen LogP contribution in [0.4, 0.5) is 5.82 Å². The predicted molar refractivity (Wildman–Crippen MR) is 73.0 cm³/mol. The molecular formula is C11H16Br2N2. The molecule has 0 atom stereocenters. The molecule has 2 nitrogen and oxygen atoms in total. The quantitative estimate of drug-likeness (QED) is 0.779. The number of nitrogens with zero attached hydrogens (tertiary/aromatic N) is 2. The lowest BCUT2D eigenvalue weighted by Gasteiger charge is -2.28. The molecule has 4 heteroatoms. The van der Waals surface area contributed by atoms with Crippen LogP contribution in [0.2, 0.25) is 0 Å². The fourth-order valence-corrected chi connectivity index (χ4v) is 2.36. The molecule has 0 saturated carbocycles. The van der Waals surface area contributed by atoms with Gasteiger partial charge in [-0.05, 0) is 48.3 Å². The standard InChI is InChI=1S/C11H16Br2N2/c1-8(2)15(5-4-12)11-9(3)6-10(13)7-14-11/h6-8H,4-5H2,1-3H3. The van der Waals surface area contributed by atoms with E-state index in [1.165, 1.54) is 5.56 Å². The van der Waals surface area contributed by atoms with E-state index in [4.69, 9.17) is 0 Å². The number of hydrogen-bond donors (Lipinski definition) is 0. The highest BCUT2D eigenvalue weighted by molar-refractivity contribution is 9.10. The summed E-state index contributed by atoms with van der Waals surface area (Å²) in [5, 5.41) is 0.961. The SMILES string of the molecule is Cc1cc(Br)cnc1N(CCBr)C(C)C. The Labute approximate surface area is 108 Å². The monoisotopic (exact) mass is 334 g/mol. The molecule has 1 heterocycles. The fraction of sp³-hybridized carbons (Fsp3) is 0.545. The van der Waals surface area contributed by atoms with Crippen molar-refractivity contribution in [3.05, 3.63) is 22.3 Å². The Morgan fingerprint density at radius 2 is 2.13 bits per heavy atom. The van der Waals surface area contributed by atoms with Gasteiger partial charge >= 0.3 is 0 Å². The van der Waals surface area contributed by atoms with Gasteiger partial charge in [0.2, 0.25) is 0 Å². The molecule has 0 amide bonds. The minimum atomic E-state index is 0.468. The summed E-state index contributed by atoms with van der Waals surface area (Å²) in [5.74, 6) is 1.08. The number of aryl methyl sites for hydroxylation is 1. The Morgan fingerprint density at radius 3 is 2.60 bits per heavy atom. The summed E-state index contributed by atoms with van der Waals surface area (Å²) in [4.78, 5) is 6.78. The molecule has 0 aliphatic carbocycles. The summed E-state index contributed by atoms with van der Waals surface area (Å²) in [5.41, 5.74) is 1.21. The normalized spacial score (nSPS) is 10.8. The van der Waals surface area contributed by atoms with Crippen LogP contribution in [0, 0.1) is 6.92 Å². The lowest BCUT2D eigenvalue weighted by molar-refractivity contribution is 0.695. The molecule has 0 spiro atoms. The second kappa shape index (κ2) is 5.85. The highest BCUT2D eigenvalue weighted by Gasteiger charge is 2.13. The van der Waals surface area contributed by atoms with Crippen LogP contribution >= 0.6 is 31.9 Å². The predicted octanol–water partition coefficient (Wildman–Crippen LogP) is 3.76. The van der Waals surface area contributed by atoms with Gasteiger partial charge in [0.05, 0.1) is 0 Å². The molecule has 84 valence electrons. The molecule has 0 radical (unpaired) electrons. The van der Waals surface area contributed by atoms with Crippen LogP contribution in [0.3, 0.4) is 0 Å². The fourth-order valence-electron chi connectivity index (χ4n) is 1.53. The number of aromatic nitrogens is 1. The van der Waals surface area contributed by atoms with Gasteiger partial charge in [0, 0.05) is 28.6 Å². The van der Waals surface area contributed by atoms with Crippen LogP contribution in [0.25, 0.3) is 0 Å². The number of rotatable bonds is 4. The van der Waals surface area contributed by atoms with Gasteiger partial charge in [0.25, 0.3) is 0 Å². The zero-order chi connectivity index (χ0) is 11.4. The molecule has 0 aliphatic rings. The number of pyridine rings is 1. The van der Waals surface area contributed by atoms with Crippen LogP contribution in [-0.2, 0) is 0 Å². The molecule has 0 aromatic carbocycles. The van der Waals surface area contributed by atoms with Crippen molar-refractivity contribution in [3.63, 3.8) is 0 Å². The molecule has 15 heavy (non-hydrogen) atoms. The first-order chi connectivity index (χ1) is 7.06. The lowest BCUT2D eigenvalue weighted by atomic mass is 10.2. The van der Waals surface area contributed by atoms with E-state index in [9.17, 15) is 0 Å². The maximum absolute atomic E-state index is 4.48. The van der Waals surface area contributed by atoms with Crippen LogP contribution in [0.5, 0.6) is 0 Å². The van der Waals surface area contributed by atoms with Gasteiger partial charge in [-0.2, -0.15) is 0 Å². The van der Waals surface area contributed by atoms with E-state index >= 15 is 0 Å². The molecule has 0 saturated heterocycles. The zero-order valence-corrected chi connectivity index (χ0v) is 12.5. The molecule has 1 aromatic heterocycles. The Hall–Kier alpha value is -0.0900. The molecule has 0 N–H and O–H groups in total. The summed E-state index contributed by atoms with van der Waals surface area (Å²) in [7, 11) is 0. The summed E-state index contributed by atoms with van der Waals surface area (Å²) in [6, 6.07) is 2.57.